The van der Waals surface area contributed by atoms with Crippen LogP contribution < -0.4 is 0 Å². The fraction of sp³-hybridized carbons (Fsp3) is 0.273. The van der Waals surface area contributed by atoms with Crippen LogP contribution in [-0.2, 0) is 0 Å². The molecule has 1 atom stereocenters. The van der Waals surface area contributed by atoms with Crippen molar-refractivity contribution < 1.29 is 5.11 Å². The van der Waals surface area contributed by atoms with Crippen molar-refractivity contribution in [2.24, 2.45) is 0 Å². The summed E-state index contributed by atoms with van der Waals surface area (Å²) in [5.41, 5.74) is 1.67. The standard InChI is InChI=1S/C11H12Cl2O/c1-7(2)6-10(14)8-4-3-5-9(12)11(8)13/h3-6,10,14H,1-2H3. The Kier molecular flexibility index (Phi) is 3.99. The predicted octanol–water partition coefficient (Wildman–Crippen LogP) is 3.99. The van der Waals surface area contributed by atoms with Gasteiger partial charge in [0.05, 0.1) is 16.1 Å². The van der Waals surface area contributed by atoms with E-state index < -0.39 is 6.10 Å². The third-order valence-corrected chi connectivity index (χ3v) is 2.62. The number of hydrogen-bond donors (Lipinski definition) is 1. The lowest BCUT2D eigenvalue weighted by atomic mass is 10.1. The van der Waals surface area contributed by atoms with Gasteiger partial charge in [-0.25, -0.2) is 0 Å². The molecule has 0 fully saturated rings. The molecule has 0 aromatic heterocycles. The van der Waals surface area contributed by atoms with Gasteiger partial charge in [-0.15, -0.1) is 0 Å². The molecule has 1 aromatic rings. The van der Waals surface area contributed by atoms with Gasteiger partial charge in [-0.1, -0.05) is 47.0 Å². The molecule has 0 aliphatic carbocycles. The highest BCUT2D eigenvalue weighted by molar-refractivity contribution is 6.42. The van der Waals surface area contributed by atoms with Gasteiger partial charge < -0.3 is 5.11 Å². The summed E-state index contributed by atoms with van der Waals surface area (Å²) in [6, 6.07) is 5.23. The Morgan fingerprint density at radius 3 is 2.57 bits per heavy atom. The maximum absolute atomic E-state index is 9.78. The molecule has 1 nitrogen and oxygen atoms in total. The molecule has 1 unspecified atom stereocenters. The maximum atomic E-state index is 9.78. The van der Waals surface area contributed by atoms with E-state index in [4.69, 9.17) is 23.2 Å². The van der Waals surface area contributed by atoms with Crippen molar-refractivity contribution in [2.75, 3.05) is 0 Å². The summed E-state index contributed by atoms with van der Waals surface area (Å²) in [5.74, 6) is 0. The summed E-state index contributed by atoms with van der Waals surface area (Å²) >= 11 is 11.8. The quantitative estimate of drug-likeness (QED) is 0.763. The molecule has 3 heteroatoms. The Morgan fingerprint density at radius 2 is 2.00 bits per heavy atom. The minimum Gasteiger partial charge on any atom is -0.384 e. The van der Waals surface area contributed by atoms with Crippen molar-refractivity contribution in [1.82, 2.24) is 0 Å². The van der Waals surface area contributed by atoms with Crippen LogP contribution in [0.25, 0.3) is 0 Å². The zero-order chi connectivity index (χ0) is 10.7. The number of hydrogen-bond acceptors (Lipinski definition) is 1. The Bertz CT molecular complexity index is 354. The van der Waals surface area contributed by atoms with Gasteiger partial charge in [0, 0.05) is 5.56 Å². The summed E-state index contributed by atoms with van der Waals surface area (Å²) in [6.45, 7) is 3.84. The topological polar surface area (TPSA) is 20.2 Å². The first-order valence-electron chi connectivity index (χ1n) is 4.29. The number of benzene rings is 1. The lowest BCUT2D eigenvalue weighted by Crippen LogP contribution is -1.95. The molecule has 0 saturated heterocycles. The lowest BCUT2D eigenvalue weighted by Gasteiger charge is -2.09. The molecule has 0 radical (unpaired) electrons. The first-order valence-corrected chi connectivity index (χ1v) is 5.05. The molecule has 0 saturated carbocycles. The Morgan fingerprint density at radius 1 is 1.36 bits per heavy atom. The van der Waals surface area contributed by atoms with Crippen LogP contribution in [0.3, 0.4) is 0 Å². The van der Waals surface area contributed by atoms with Crippen LogP contribution in [0.5, 0.6) is 0 Å². The van der Waals surface area contributed by atoms with Gasteiger partial charge in [0.1, 0.15) is 0 Å². The molecule has 14 heavy (non-hydrogen) atoms. The molecule has 0 spiro atoms. The van der Waals surface area contributed by atoms with Gasteiger partial charge in [0.15, 0.2) is 0 Å². The summed E-state index contributed by atoms with van der Waals surface area (Å²) < 4.78 is 0. The molecule has 1 rings (SSSR count). The number of aliphatic hydroxyl groups excluding tert-OH is 1. The number of rotatable bonds is 2. The second-order valence-corrected chi connectivity index (χ2v) is 4.12. The zero-order valence-corrected chi connectivity index (χ0v) is 9.60. The van der Waals surface area contributed by atoms with Gasteiger partial charge in [0.25, 0.3) is 0 Å². The van der Waals surface area contributed by atoms with Crippen molar-refractivity contribution in [2.45, 2.75) is 20.0 Å². The normalized spacial score (nSPS) is 12.4. The highest BCUT2D eigenvalue weighted by Crippen LogP contribution is 2.30. The molecule has 0 amide bonds. The smallest absolute Gasteiger partial charge is 0.0989 e. The van der Waals surface area contributed by atoms with Crippen LogP contribution in [0.4, 0.5) is 0 Å². The molecule has 1 aromatic carbocycles. The van der Waals surface area contributed by atoms with Gasteiger partial charge in [-0.3, -0.25) is 0 Å². The van der Waals surface area contributed by atoms with E-state index in [1.165, 1.54) is 0 Å². The zero-order valence-electron chi connectivity index (χ0n) is 8.09. The van der Waals surface area contributed by atoms with Gasteiger partial charge in [0.2, 0.25) is 0 Å². The predicted molar refractivity (Wildman–Crippen MR) is 60.9 cm³/mol. The van der Waals surface area contributed by atoms with Crippen molar-refractivity contribution in [3.8, 4) is 0 Å². The lowest BCUT2D eigenvalue weighted by molar-refractivity contribution is 0.228. The summed E-state index contributed by atoms with van der Waals surface area (Å²) in [6.07, 6.45) is 1.04. The average Bonchev–Trinajstić information content (AvgIpc) is 2.08. The van der Waals surface area contributed by atoms with E-state index in [0.29, 0.717) is 15.6 Å². The SMILES string of the molecule is CC(C)=CC(O)c1cccc(Cl)c1Cl. The fourth-order valence-electron chi connectivity index (χ4n) is 1.15. The first kappa shape index (κ1) is 11.6. The molecule has 76 valence electrons. The van der Waals surface area contributed by atoms with Crippen LogP contribution in [0.15, 0.2) is 29.8 Å². The first-order chi connectivity index (χ1) is 6.52. The van der Waals surface area contributed by atoms with E-state index in [-0.39, 0.29) is 0 Å². The van der Waals surface area contributed by atoms with Crippen LogP contribution in [0.2, 0.25) is 10.0 Å². The number of aliphatic hydroxyl groups is 1. The Hall–Kier alpha value is -0.500. The monoisotopic (exact) mass is 230 g/mol. The minimum atomic E-state index is -0.689. The molecular weight excluding hydrogens is 219 g/mol. The molecule has 0 aliphatic heterocycles. The summed E-state index contributed by atoms with van der Waals surface area (Å²) in [7, 11) is 0. The van der Waals surface area contributed by atoms with Gasteiger partial charge >= 0.3 is 0 Å². The van der Waals surface area contributed by atoms with Crippen LogP contribution in [0.1, 0.15) is 25.5 Å². The Balaban J connectivity index is 3.07. The third kappa shape index (κ3) is 2.74. The van der Waals surface area contributed by atoms with Crippen LogP contribution in [-0.4, -0.2) is 5.11 Å². The molecular formula is C11H12Cl2O. The van der Waals surface area contributed by atoms with Crippen molar-refractivity contribution in [1.29, 1.82) is 0 Å². The molecule has 0 heterocycles. The van der Waals surface area contributed by atoms with Crippen LogP contribution in [0, 0.1) is 0 Å². The highest BCUT2D eigenvalue weighted by atomic mass is 35.5. The number of halogens is 2. The van der Waals surface area contributed by atoms with E-state index in [1.807, 2.05) is 13.8 Å². The minimum absolute atomic E-state index is 0.416. The van der Waals surface area contributed by atoms with E-state index in [2.05, 4.69) is 0 Å². The summed E-state index contributed by atoms with van der Waals surface area (Å²) in [5, 5.41) is 10.7. The van der Waals surface area contributed by atoms with Crippen LogP contribution >= 0.6 is 23.2 Å². The van der Waals surface area contributed by atoms with E-state index in [1.54, 1.807) is 24.3 Å². The van der Waals surface area contributed by atoms with Crippen molar-refractivity contribution in [3.05, 3.63) is 45.5 Å². The third-order valence-electron chi connectivity index (χ3n) is 1.79. The molecule has 0 bridgehead atoms. The van der Waals surface area contributed by atoms with Gasteiger partial charge in [-0.2, -0.15) is 0 Å². The fourth-order valence-corrected chi connectivity index (χ4v) is 1.57. The van der Waals surface area contributed by atoms with Crippen molar-refractivity contribution in [3.63, 3.8) is 0 Å². The van der Waals surface area contributed by atoms with E-state index >= 15 is 0 Å². The maximum Gasteiger partial charge on any atom is 0.0989 e. The second kappa shape index (κ2) is 4.83. The highest BCUT2D eigenvalue weighted by Gasteiger charge is 2.10. The Labute approximate surface area is 94.0 Å². The number of allylic oxidation sites excluding steroid dienone is 1. The largest absolute Gasteiger partial charge is 0.384 e. The summed E-state index contributed by atoms with van der Waals surface area (Å²) in [4.78, 5) is 0. The molecule has 0 aliphatic rings. The average molecular weight is 231 g/mol. The molecule has 1 N–H and O–H groups in total. The second-order valence-electron chi connectivity index (χ2n) is 3.33. The van der Waals surface area contributed by atoms with Crippen molar-refractivity contribution >= 4 is 23.2 Å². The van der Waals surface area contributed by atoms with E-state index in [9.17, 15) is 5.11 Å². The van der Waals surface area contributed by atoms with E-state index in [0.717, 1.165) is 5.57 Å². The van der Waals surface area contributed by atoms with Gasteiger partial charge in [-0.05, 0) is 19.9 Å².